The summed E-state index contributed by atoms with van der Waals surface area (Å²) in [6.07, 6.45) is 0. The van der Waals surface area contributed by atoms with Gasteiger partial charge in [0.05, 0.1) is 10.6 Å². The van der Waals surface area contributed by atoms with Gasteiger partial charge in [-0.05, 0) is 50.2 Å². The molecule has 0 radical (unpaired) electrons. The van der Waals surface area contributed by atoms with E-state index in [2.05, 4.69) is 26.0 Å². The van der Waals surface area contributed by atoms with Crippen molar-refractivity contribution < 1.29 is 8.42 Å². The van der Waals surface area contributed by atoms with Gasteiger partial charge in [-0.15, -0.1) is 11.3 Å². The van der Waals surface area contributed by atoms with Crippen molar-refractivity contribution in [1.82, 2.24) is 5.32 Å². The molecule has 0 unspecified atom stereocenters. The fourth-order valence-electron chi connectivity index (χ4n) is 2.03. The minimum absolute atomic E-state index is 0.305. The molecule has 0 atom stereocenters. The summed E-state index contributed by atoms with van der Waals surface area (Å²) >= 11 is 4.84. The van der Waals surface area contributed by atoms with Gasteiger partial charge in [0.25, 0.3) is 10.0 Å². The van der Waals surface area contributed by atoms with Crippen LogP contribution in [0.3, 0.4) is 0 Å². The molecule has 1 heterocycles. The maximum atomic E-state index is 12.5. The van der Waals surface area contributed by atoms with Gasteiger partial charge >= 0.3 is 0 Å². The number of thiophene rings is 1. The van der Waals surface area contributed by atoms with Gasteiger partial charge in [0.2, 0.25) is 0 Å². The lowest BCUT2D eigenvalue weighted by atomic mass is 10.1. The Balaban J connectivity index is 2.33. The van der Waals surface area contributed by atoms with Gasteiger partial charge in [-0.1, -0.05) is 15.9 Å². The molecule has 0 fully saturated rings. The molecular weight excluding hydrogens is 372 g/mol. The van der Waals surface area contributed by atoms with Gasteiger partial charge in [-0.25, -0.2) is 8.42 Å². The predicted octanol–water partition coefficient (Wildman–Crippen LogP) is 3.65. The molecule has 0 spiro atoms. The molecule has 0 aliphatic heterocycles. The number of hydrogen-bond acceptors (Lipinski definition) is 4. The third-order valence-electron chi connectivity index (χ3n) is 3.02. The van der Waals surface area contributed by atoms with Gasteiger partial charge in [-0.3, -0.25) is 4.72 Å². The van der Waals surface area contributed by atoms with E-state index in [1.165, 1.54) is 11.3 Å². The topological polar surface area (TPSA) is 58.2 Å². The highest BCUT2D eigenvalue weighted by atomic mass is 79.9. The summed E-state index contributed by atoms with van der Waals surface area (Å²) in [5.41, 5.74) is 2.41. The zero-order valence-corrected chi connectivity index (χ0v) is 15.2. The fourth-order valence-corrected chi connectivity index (χ4v) is 5.21. The summed E-state index contributed by atoms with van der Waals surface area (Å²) in [7, 11) is -1.72. The Kier molecular flexibility index (Phi) is 5.08. The lowest BCUT2D eigenvalue weighted by Crippen LogP contribution is -2.14. The summed E-state index contributed by atoms with van der Waals surface area (Å²) in [6, 6.07) is 5.49. The Morgan fingerprint density at radius 2 is 1.81 bits per heavy atom. The van der Waals surface area contributed by atoms with E-state index in [1.54, 1.807) is 11.4 Å². The van der Waals surface area contributed by atoms with Crippen LogP contribution in [0.4, 0.5) is 5.69 Å². The molecule has 2 rings (SSSR count). The Morgan fingerprint density at radius 3 is 2.38 bits per heavy atom. The number of benzene rings is 1. The summed E-state index contributed by atoms with van der Waals surface area (Å²) in [4.78, 5) is 1.29. The van der Waals surface area contributed by atoms with Crippen LogP contribution in [0.5, 0.6) is 0 Å². The molecule has 2 aromatic rings. The van der Waals surface area contributed by atoms with Crippen molar-refractivity contribution in [2.45, 2.75) is 25.3 Å². The van der Waals surface area contributed by atoms with Crippen molar-refractivity contribution >= 4 is 43.0 Å². The second-order valence-electron chi connectivity index (χ2n) is 4.80. The van der Waals surface area contributed by atoms with E-state index in [-0.39, 0.29) is 0 Å². The van der Waals surface area contributed by atoms with Crippen LogP contribution in [-0.2, 0) is 16.6 Å². The molecule has 0 aliphatic rings. The first-order valence-electron chi connectivity index (χ1n) is 6.35. The quantitative estimate of drug-likeness (QED) is 0.821. The first-order valence-corrected chi connectivity index (χ1v) is 9.50. The van der Waals surface area contributed by atoms with Crippen LogP contribution in [0.2, 0.25) is 0 Å². The predicted molar refractivity (Wildman–Crippen MR) is 91.5 cm³/mol. The lowest BCUT2D eigenvalue weighted by Gasteiger charge is -2.13. The molecule has 1 aromatic carbocycles. The highest BCUT2D eigenvalue weighted by molar-refractivity contribution is 9.10. The number of hydrogen-bond donors (Lipinski definition) is 2. The molecule has 21 heavy (non-hydrogen) atoms. The van der Waals surface area contributed by atoms with Gasteiger partial charge in [0.15, 0.2) is 0 Å². The number of anilines is 1. The largest absolute Gasteiger partial charge is 0.315 e. The molecular formula is C14H17BrN2O2S2. The molecule has 0 amide bonds. The molecule has 2 N–H and O–H groups in total. The van der Waals surface area contributed by atoms with Gasteiger partial charge in [-0.2, -0.15) is 0 Å². The van der Waals surface area contributed by atoms with E-state index < -0.39 is 10.0 Å². The van der Waals surface area contributed by atoms with Gasteiger partial charge < -0.3 is 5.32 Å². The molecule has 0 saturated carbocycles. The number of halogens is 1. The monoisotopic (exact) mass is 388 g/mol. The van der Waals surface area contributed by atoms with Crippen molar-refractivity contribution in [2.24, 2.45) is 0 Å². The molecule has 7 heteroatoms. The minimum atomic E-state index is -3.55. The second kappa shape index (κ2) is 6.48. The van der Waals surface area contributed by atoms with Crippen LogP contribution in [-0.4, -0.2) is 15.5 Å². The molecule has 0 aliphatic carbocycles. The molecule has 0 bridgehead atoms. The van der Waals surface area contributed by atoms with Crippen molar-refractivity contribution in [2.75, 3.05) is 11.8 Å². The summed E-state index contributed by atoms with van der Waals surface area (Å²) < 4.78 is 28.6. The van der Waals surface area contributed by atoms with Gasteiger partial charge in [0, 0.05) is 21.3 Å². The van der Waals surface area contributed by atoms with Crippen LogP contribution < -0.4 is 10.0 Å². The fraction of sp³-hybridized carbons (Fsp3) is 0.286. The van der Waals surface area contributed by atoms with E-state index in [9.17, 15) is 8.42 Å². The summed E-state index contributed by atoms with van der Waals surface area (Å²) in [6.45, 7) is 4.43. The Morgan fingerprint density at radius 1 is 1.19 bits per heavy atom. The highest BCUT2D eigenvalue weighted by Gasteiger charge is 2.18. The maximum absolute atomic E-state index is 12.5. The van der Waals surface area contributed by atoms with Crippen molar-refractivity contribution in [3.63, 3.8) is 0 Å². The number of nitrogens with one attached hydrogen (secondary N) is 2. The average Bonchev–Trinajstić information content (AvgIpc) is 2.84. The third kappa shape index (κ3) is 3.85. The number of rotatable bonds is 5. The standard InChI is InChI=1S/C14H17BrN2O2S2/c1-9-4-11(15)5-10(2)14(9)17-21(18,19)13-6-12(7-16-3)20-8-13/h4-6,8,16-17H,7H2,1-3H3. The van der Waals surface area contributed by atoms with Crippen LogP contribution in [0.1, 0.15) is 16.0 Å². The normalized spacial score (nSPS) is 11.6. The zero-order valence-electron chi connectivity index (χ0n) is 12.0. The Hall–Kier alpha value is -0.890. The molecule has 0 saturated heterocycles. The molecule has 4 nitrogen and oxygen atoms in total. The Bertz CT molecular complexity index is 731. The first-order chi connectivity index (χ1) is 9.83. The average molecular weight is 389 g/mol. The van der Waals surface area contributed by atoms with E-state index in [1.807, 2.05) is 33.0 Å². The van der Waals surface area contributed by atoms with Crippen LogP contribution in [0.25, 0.3) is 0 Å². The highest BCUT2D eigenvalue weighted by Crippen LogP contribution is 2.28. The molecule has 1 aromatic heterocycles. The van der Waals surface area contributed by atoms with E-state index in [0.29, 0.717) is 17.1 Å². The second-order valence-corrected chi connectivity index (χ2v) is 8.39. The third-order valence-corrected chi connectivity index (χ3v) is 5.90. The van der Waals surface area contributed by atoms with Crippen molar-refractivity contribution in [1.29, 1.82) is 0 Å². The van der Waals surface area contributed by atoms with Crippen LogP contribution in [0, 0.1) is 13.8 Å². The molecule has 114 valence electrons. The number of sulfonamides is 1. The number of aryl methyl sites for hydroxylation is 2. The van der Waals surface area contributed by atoms with Crippen molar-refractivity contribution in [3.05, 3.63) is 44.1 Å². The van der Waals surface area contributed by atoms with E-state index in [4.69, 9.17) is 0 Å². The van der Waals surface area contributed by atoms with Gasteiger partial charge in [0.1, 0.15) is 0 Å². The van der Waals surface area contributed by atoms with E-state index >= 15 is 0 Å². The smallest absolute Gasteiger partial charge is 0.262 e. The van der Waals surface area contributed by atoms with Crippen LogP contribution >= 0.6 is 27.3 Å². The van der Waals surface area contributed by atoms with E-state index in [0.717, 1.165) is 20.5 Å². The van der Waals surface area contributed by atoms with Crippen molar-refractivity contribution in [3.8, 4) is 0 Å². The SMILES string of the molecule is CNCc1cc(S(=O)(=O)Nc2c(C)cc(Br)cc2C)cs1. The summed E-state index contributed by atoms with van der Waals surface area (Å²) in [5.74, 6) is 0. The minimum Gasteiger partial charge on any atom is -0.315 e. The first kappa shape index (κ1) is 16.5. The lowest BCUT2D eigenvalue weighted by molar-refractivity contribution is 0.601. The zero-order chi connectivity index (χ0) is 15.6. The van der Waals surface area contributed by atoms with Crippen LogP contribution in [0.15, 0.2) is 32.9 Å². The summed E-state index contributed by atoms with van der Waals surface area (Å²) in [5, 5.41) is 4.68. The Labute approximate surface area is 137 Å². The maximum Gasteiger partial charge on any atom is 0.262 e.